The first-order chi connectivity index (χ1) is 11.6. The quantitative estimate of drug-likeness (QED) is 0.788. The van der Waals surface area contributed by atoms with Crippen LogP contribution in [0.4, 0.5) is 5.69 Å². The SMILES string of the molecule is Cl.O=C(NC1CC2CCC(C1)N2)C1CCN(c2cccc(Cl)c2)C1=O. The first-order valence-corrected chi connectivity index (χ1v) is 9.11. The predicted octanol–water partition coefficient (Wildman–Crippen LogP) is 2.51. The molecular formula is C18H23Cl2N3O2. The summed E-state index contributed by atoms with van der Waals surface area (Å²) in [6.07, 6.45) is 4.90. The number of benzene rings is 1. The Kier molecular flexibility index (Phi) is 5.56. The minimum atomic E-state index is -0.573. The maximum Gasteiger partial charge on any atom is 0.239 e. The highest BCUT2D eigenvalue weighted by molar-refractivity contribution is 6.31. The van der Waals surface area contributed by atoms with E-state index in [0.717, 1.165) is 18.5 Å². The zero-order chi connectivity index (χ0) is 16.7. The van der Waals surface area contributed by atoms with Gasteiger partial charge in [0.1, 0.15) is 5.92 Å². The van der Waals surface area contributed by atoms with Gasteiger partial charge in [-0.3, -0.25) is 9.59 Å². The molecule has 0 radical (unpaired) electrons. The molecule has 5 nitrogen and oxygen atoms in total. The Morgan fingerprint density at radius 3 is 2.60 bits per heavy atom. The molecule has 3 saturated heterocycles. The van der Waals surface area contributed by atoms with Gasteiger partial charge >= 0.3 is 0 Å². The van der Waals surface area contributed by atoms with E-state index in [9.17, 15) is 9.59 Å². The Bertz CT molecular complexity index is 657. The van der Waals surface area contributed by atoms with E-state index in [2.05, 4.69) is 10.6 Å². The summed E-state index contributed by atoms with van der Waals surface area (Å²) in [6, 6.07) is 8.47. The number of amides is 2. The molecule has 2 amide bonds. The largest absolute Gasteiger partial charge is 0.353 e. The van der Waals surface area contributed by atoms with Crippen LogP contribution >= 0.6 is 24.0 Å². The van der Waals surface area contributed by atoms with Crippen molar-refractivity contribution in [1.82, 2.24) is 10.6 Å². The summed E-state index contributed by atoms with van der Waals surface area (Å²) in [5.74, 6) is -0.806. The molecule has 136 valence electrons. The molecular weight excluding hydrogens is 361 g/mol. The lowest BCUT2D eigenvalue weighted by molar-refractivity contribution is -0.132. The van der Waals surface area contributed by atoms with E-state index in [0.29, 0.717) is 30.1 Å². The van der Waals surface area contributed by atoms with Crippen LogP contribution in [0.25, 0.3) is 0 Å². The van der Waals surface area contributed by atoms with Crippen molar-refractivity contribution >= 4 is 41.5 Å². The fourth-order valence-electron chi connectivity index (χ4n) is 4.30. The zero-order valence-corrected chi connectivity index (χ0v) is 15.5. The third-order valence-electron chi connectivity index (χ3n) is 5.46. The van der Waals surface area contributed by atoms with Gasteiger partial charge < -0.3 is 15.5 Å². The van der Waals surface area contributed by atoms with E-state index in [-0.39, 0.29) is 30.3 Å². The van der Waals surface area contributed by atoms with Gasteiger partial charge in [0.05, 0.1) is 0 Å². The van der Waals surface area contributed by atoms with Crippen LogP contribution in [0.15, 0.2) is 24.3 Å². The fraction of sp³-hybridized carbons (Fsp3) is 0.556. The maximum absolute atomic E-state index is 12.7. The highest BCUT2D eigenvalue weighted by Gasteiger charge is 2.40. The van der Waals surface area contributed by atoms with Crippen molar-refractivity contribution in [1.29, 1.82) is 0 Å². The number of halogens is 2. The smallest absolute Gasteiger partial charge is 0.239 e. The zero-order valence-electron chi connectivity index (χ0n) is 13.9. The molecule has 3 unspecified atom stereocenters. The van der Waals surface area contributed by atoms with Gasteiger partial charge in [-0.1, -0.05) is 17.7 Å². The summed E-state index contributed by atoms with van der Waals surface area (Å²) in [5, 5.41) is 7.29. The van der Waals surface area contributed by atoms with Crippen LogP contribution in [0.3, 0.4) is 0 Å². The summed E-state index contributed by atoms with van der Waals surface area (Å²) in [6.45, 7) is 0.564. The lowest BCUT2D eigenvalue weighted by atomic mass is 9.98. The number of fused-ring (bicyclic) bond motifs is 2. The number of nitrogens with one attached hydrogen (secondary N) is 2. The molecule has 7 heteroatoms. The molecule has 0 saturated carbocycles. The number of hydrogen-bond donors (Lipinski definition) is 2. The van der Waals surface area contributed by atoms with E-state index in [4.69, 9.17) is 11.6 Å². The summed E-state index contributed by atoms with van der Waals surface area (Å²) in [7, 11) is 0. The maximum atomic E-state index is 12.7. The van der Waals surface area contributed by atoms with E-state index in [1.807, 2.05) is 12.1 Å². The van der Waals surface area contributed by atoms with Gasteiger partial charge in [-0.25, -0.2) is 0 Å². The Morgan fingerprint density at radius 2 is 1.92 bits per heavy atom. The number of piperidine rings is 1. The van der Waals surface area contributed by atoms with Crippen LogP contribution in [-0.2, 0) is 9.59 Å². The normalized spacial score (nSPS) is 30.9. The average Bonchev–Trinajstić information content (AvgIpc) is 3.10. The van der Waals surface area contributed by atoms with Crippen molar-refractivity contribution < 1.29 is 9.59 Å². The van der Waals surface area contributed by atoms with E-state index in [1.54, 1.807) is 17.0 Å². The van der Waals surface area contributed by atoms with Crippen LogP contribution in [0, 0.1) is 5.92 Å². The van der Waals surface area contributed by atoms with Gasteiger partial charge in [0, 0.05) is 35.4 Å². The first-order valence-electron chi connectivity index (χ1n) is 8.73. The molecule has 1 aromatic carbocycles. The Labute approximate surface area is 158 Å². The molecule has 1 aromatic rings. The van der Waals surface area contributed by atoms with Gasteiger partial charge in [-0.05, 0) is 50.3 Å². The molecule has 0 spiro atoms. The van der Waals surface area contributed by atoms with Crippen LogP contribution < -0.4 is 15.5 Å². The van der Waals surface area contributed by atoms with Crippen molar-refractivity contribution in [2.45, 2.75) is 50.2 Å². The van der Waals surface area contributed by atoms with Crippen LogP contribution in [0.1, 0.15) is 32.1 Å². The third-order valence-corrected chi connectivity index (χ3v) is 5.70. The second-order valence-electron chi connectivity index (χ2n) is 7.13. The number of hydrogen-bond acceptors (Lipinski definition) is 3. The molecule has 0 aromatic heterocycles. The van der Waals surface area contributed by atoms with Gasteiger partial charge in [0.15, 0.2) is 0 Å². The monoisotopic (exact) mass is 383 g/mol. The first kappa shape index (κ1) is 18.5. The second-order valence-corrected chi connectivity index (χ2v) is 7.56. The van der Waals surface area contributed by atoms with Crippen LogP contribution in [0.2, 0.25) is 5.02 Å². The average molecular weight is 384 g/mol. The molecule has 2 bridgehead atoms. The van der Waals surface area contributed by atoms with Gasteiger partial charge in [-0.15, -0.1) is 12.4 Å². The van der Waals surface area contributed by atoms with Crippen molar-refractivity contribution in [3.63, 3.8) is 0 Å². The topological polar surface area (TPSA) is 61.4 Å². The summed E-state index contributed by atoms with van der Waals surface area (Å²) < 4.78 is 0. The molecule has 2 N–H and O–H groups in total. The summed E-state index contributed by atoms with van der Waals surface area (Å²) in [4.78, 5) is 26.9. The van der Waals surface area contributed by atoms with Gasteiger partial charge in [-0.2, -0.15) is 0 Å². The van der Waals surface area contributed by atoms with E-state index < -0.39 is 5.92 Å². The summed E-state index contributed by atoms with van der Waals surface area (Å²) >= 11 is 6.01. The van der Waals surface area contributed by atoms with E-state index in [1.165, 1.54) is 12.8 Å². The van der Waals surface area contributed by atoms with Crippen LogP contribution in [-0.4, -0.2) is 36.5 Å². The Hall–Kier alpha value is -1.30. The number of carbonyl (C=O) groups excluding carboxylic acids is 2. The lowest BCUT2D eigenvalue weighted by Gasteiger charge is -2.30. The predicted molar refractivity (Wildman–Crippen MR) is 100 cm³/mol. The fourth-order valence-corrected chi connectivity index (χ4v) is 4.48. The summed E-state index contributed by atoms with van der Waals surface area (Å²) in [5.41, 5.74) is 0.766. The minimum Gasteiger partial charge on any atom is -0.353 e. The molecule has 3 fully saturated rings. The standard InChI is InChI=1S/C18H22ClN3O2.ClH/c19-11-2-1-3-15(8-11)22-7-6-16(18(22)24)17(23)21-14-9-12-4-5-13(10-14)20-12;/h1-3,8,12-14,16,20H,4-7,9-10H2,(H,21,23);1H. The number of rotatable bonds is 3. The van der Waals surface area contributed by atoms with Crippen molar-refractivity contribution in [2.24, 2.45) is 5.92 Å². The molecule has 4 rings (SSSR count). The number of anilines is 1. The Morgan fingerprint density at radius 1 is 1.20 bits per heavy atom. The number of nitrogens with zero attached hydrogens (tertiary/aromatic N) is 1. The second kappa shape index (κ2) is 7.52. The highest BCUT2D eigenvalue weighted by Crippen LogP contribution is 2.29. The van der Waals surface area contributed by atoms with E-state index >= 15 is 0 Å². The van der Waals surface area contributed by atoms with Crippen molar-refractivity contribution in [2.75, 3.05) is 11.4 Å². The minimum absolute atomic E-state index is 0. The molecule has 3 aliphatic heterocycles. The van der Waals surface area contributed by atoms with Crippen molar-refractivity contribution in [3.05, 3.63) is 29.3 Å². The number of carbonyl (C=O) groups is 2. The molecule has 25 heavy (non-hydrogen) atoms. The Balaban J connectivity index is 0.00000182. The lowest BCUT2D eigenvalue weighted by Crippen LogP contribution is -2.50. The van der Waals surface area contributed by atoms with Crippen LogP contribution in [0.5, 0.6) is 0 Å². The van der Waals surface area contributed by atoms with Gasteiger partial charge in [0.25, 0.3) is 0 Å². The molecule has 3 atom stereocenters. The molecule has 3 aliphatic rings. The highest BCUT2D eigenvalue weighted by atomic mass is 35.5. The molecule has 3 heterocycles. The molecule has 0 aliphatic carbocycles. The van der Waals surface area contributed by atoms with Gasteiger partial charge in [0.2, 0.25) is 11.8 Å². The van der Waals surface area contributed by atoms with Crippen molar-refractivity contribution in [3.8, 4) is 0 Å². The third kappa shape index (κ3) is 3.78.